The average Bonchev–Trinajstić information content (AvgIpc) is 2.99. The van der Waals surface area contributed by atoms with Crippen molar-refractivity contribution in [2.75, 3.05) is 0 Å². The van der Waals surface area contributed by atoms with Gasteiger partial charge in [0.1, 0.15) is 0 Å². The van der Waals surface area contributed by atoms with Gasteiger partial charge in [0, 0.05) is 17.1 Å². The third kappa shape index (κ3) is 3.68. The fourth-order valence-corrected chi connectivity index (χ4v) is 5.28. The summed E-state index contributed by atoms with van der Waals surface area (Å²) < 4.78 is 0. The number of rotatable bonds is 3. The van der Waals surface area contributed by atoms with Crippen LogP contribution in [0, 0.1) is 6.57 Å². The Morgan fingerprint density at radius 2 is 1.26 bits per heavy atom. The zero-order valence-electron chi connectivity index (χ0n) is 20.5. The van der Waals surface area contributed by atoms with E-state index in [0.717, 1.165) is 49.5 Å². The summed E-state index contributed by atoms with van der Waals surface area (Å²) in [5.74, 6) is 0.713. The lowest BCUT2D eigenvalue weighted by Crippen LogP contribution is -1.93. The van der Waals surface area contributed by atoms with Crippen LogP contribution >= 0.6 is 0 Å². The summed E-state index contributed by atoms with van der Waals surface area (Å²) in [6, 6.07) is 41.7. The summed E-state index contributed by atoms with van der Waals surface area (Å²) in [4.78, 5) is 13.3. The van der Waals surface area contributed by atoms with Crippen LogP contribution in [0.5, 0.6) is 0 Å². The summed E-state index contributed by atoms with van der Waals surface area (Å²) >= 11 is 0. The number of nitrogens with zero attached hydrogens (tertiary/aromatic N) is 3. The third-order valence-corrected chi connectivity index (χ3v) is 7.12. The van der Waals surface area contributed by atoms with Gasteiger partial charge in [0.25, 0.3) is 0 Å². The van der Waals surface area contributed by atoms with Gasteiger partial charge in [-0.3, -0.25) is 0 Å². The van der Waals surface area contributed by atoms with E-state index in [1.165, 1.54) is 10.8 Å². The molecule has 0 N–H and O–H groups in total. The van der Waals surface area contributed by atoms with Crippen LogP contribution < -0.4 is 0 Å². The Bertz CT molecular complexity index is 2030. The van der Waals surface area contributed by atoms with Crippen LogP contribution in [-0.4, -0.2) is 9.97 Å². The van der Waals surface area contributed by atoms with Crippen molar-refractivity contribution < 1.29 is 0 Å². The van der Waals surface area contributed by atoms with E-state index < -0.39 is 0 Å². The number of para-hydroxylation sites is 1. The molecule has 0 bridgehead atoms. The normalized spacial score (nSPS) is 11.1. The second kappa shape index (κ2) is 8.96. The highest BCUT2D eigenvalue weighted by molar-refractivity contribution is 6.07. The molecule has 3 heteroatoms. The molecule has 0 saturated heterocycles. The second-order valence-corrected chi connectivity index (χ2v) is 9.37. The molecule has 0 aliphatic rings. The van der Waals surface area contributed by atoms with Gasteiger partial charge in [-0.05, 0) is 62.0 Å². The Labute approximate surface area is 220 Å². The minimum Gasteiger partial charge on any atom is -0.238 e. The highest BCUT2D eigenvalue weighted by Crippen LogP contribution is 2.41. The lowest BCUT2D eigenvalue weighted by molar-refractivity contribution is 1.23. The van der Waals surface area contributed by atoms with Gasteiger partial charge in [-0.1, -0.05) is 103 Å². The number of hydrogen-bond donors (Lipinski definition) is 0. The standard InChI is InChI=1S/C35H21N3/c1-36-28-17-14-24(15-18-28)34-30-12-6-2-8-23(30)16-19-31(34)27-20-25-9-3-5-11-29(25)32(21-27)35-37-22-26-10-4-7-13-33(26)38-35/h2-22H. The molecule has 0 fully saturated rings. The van der Waals surface area contributed by atoms with E-state index >= 15 is 0 Å². The van der Waals surface area contributed by atoms with Crippen LogP contribution in [0.2, 0.25) is 0 Å². The van der Waals surface area contributed by atoms with Crippen LogP contribution in [-0.2, 0) is 0 Å². The van der Waals surface area contributed by atoms with Crippen molar-refractivity contribution in [3.63, 3.8) is 0 Å². The maximum absolute atomic E-state index is 7.37. The molecule has 3 nitrogen and oxygen atoms in total. The SMILES string of the molecule is [C-]#[N+]c1ccc(-c2c(-c3cc(-c4ncc5ccccc5n4)c4ccccc4c3)ccc3ccccc23)cc1. The Hall–Kier alpha value is -5.33. The van der Waals surface area contributed by atoms with Gasteiger partial charge in [-0.25, -0.2) is 14.8 Å². The largest absolute Gasteiger partial charge is 0.238 e. The molecule has 176 valence electrons. The molecule has 1 heterocycles. The predicted octanol–water partition coefficient (Wildman–Crippen LogP) is 9.49. The van der Waals surface area contributed by atoms with E-state index in [-0.39, 0.29) is 0 Å². The molecular formula is C35H21N3. The number of benzene rings is 6. The molecule has 6 aromatic carbocycles. The molecule has 1 aromatic heterocycles. The highest BCUT2D eigenvalue weighted by atomic mass is 14.9. The van der Waals surface area contributed by atoms with Gasteiger partial charge in [-0.2, -0.15) is 0 Å². The van der Waals surface area contributed by atoms with Gasteiger partial charge >= 0.3 is 0 Å². The zero-order valence-corrected chi connectivity index (χ0v) is 20.5. The van der Waals surface area contributed by atoms with Crippen molar-refractivity contribution in [2.45, 2.75) is 0 Å². The van der Waals surface area contributed by atoms with Crippen molar-refractivity contribution >= 4 is 38.1 Å². The third-order valence-electron chi connectivity index (χ3n) is 7.12. The Morgan fingerprint density at radius 3 is 2.08 bits per heavy atom. The molecule has 7 aromatic rings. The van der Waals surface area contributed by atoms with E-state index in [4.69, 9.17) is 16.5 Å². The van der Waals surface area contributed by atoms with Crippen LogP contribution in [0.1, 0.15) is 0 Å². The molecule has 0 radical (unpaired) electrons. The molecule has 7 rings (SSSR count). The van der Waals surface area contributed by atoms with Crippen molar-refractivity contribution in [2.24, 2.45) is 0 Å². The van der Waals surface area contributed by atoms with Crippen molar-refractivity contribution in [1.82, 2.24) is 9.97 Å². The number of hydrogen-bond acceptors (Lipinski definition) is 2. The first-order chi connectivity index (χ1) is 18.8. The molecule has 0 spiro atoms. The van der Waals surface area contributed by atoms with Crippen molar-refractivity contribution in [3.05, 3.63) is 139 Å². The summed E-state index contributed by atoms with van der Waals surface area (Å²) in [5.41, 5.74) is 7.04. The maximum atomic E-state index is 7.37. The fourth-order valence-electron chi connectivity index (χ4n) is 5.28. The molecule has 0 unspecified atom stereocenters. The lowest BCUT2D eigenvalue weighted by atomic mass is 9.88. The second-order valence-electron chi connectivity index (χ2n) is 9.37. The van der Waals surface area contributed by atoms with Gasteiger partial charge < -0.3 is 0 Å². The number of fused-ring (bicyclic) bond motifs is 3. The first-order valence-electron chi connectivity index (χ1n) is 12.5. The summed E-state index contributed by atoms with van der Waals surface area (Å²) in [6.45, 7) is 7.37. The summed E-state index contributed by atoms with van der Waals surface area (Å²) in [6.07, 6.45) is 1.90. The topological polar surface area (TPSA) is 30.1 Å². The summed E-state index contributed by atoms with van der Waals surface area (Å²) in [5, 5.41) is 5.64. The van der Waals surface area contributed by atoms with E-state index in [1.54, 1.807) is 0 Å². The van der Waals surface area contributed by atoms with Crippen LogP contribution in [0.3, 0.4) is 0 Å². The van der Waals surface area contributed by atoms with Gasteiger partial charge in [0.05, 0.1) is 12.1 Å². The molecule has 0 atom stereocenters. The Kier molecular flexibility index (Phi) is 5.17. The maximum Gasteiger partial charge on any atom is 0.187 e. The minimum atomic E-state index is 0.636. The first kappa shape index (κ1) is 21.9. The quantitative estimate of drug-likeness (QED) is 0.234. The van der Waals surface area contributed by atoms with Gasteiger partial charge in [0.2, 0.25) is 0 Å². The monoisotopic (exact) mass is 483 g/mol. The Balaban J connectivity index is 1.52. The lowest BCUT2D eigenvalue weighted by Gasteiger charge is -2.16. The first-order valence-corrected chi connectivity index (χ1v) is 12.5. The van der Waals surface area contributed by atoms with Gasteiger partial charge in [0.15, 0.2) is 11.5 Å². The van der Waals surface area contributed by atoms with Crippen molar-refractivity contribution in [3.8, 4) is 33.6 Å². The molecule has 0 aliphatic heterocycles. The minimum absolute atomic E-state index is 0.636. The zero-order chi connectivity index (χ0) is 25.5. The molecular weight excluding hydrogens is 462 g/mol. The smallest absolute Gasteiger partial charge is 0.187 e. The van der Waals surface area contributed by atoms with E-state index in [9.17, 15) is 0 Å². The van der Waals surface area contributed by atoms with E-state index in [0.29, 0.717) is 11.5 Å². The number of aromatic nitrogens is 2. The van der Waals surface area contributed by atoms with E-state index in [2.05, 4.69) is 77.6 Å². The predicted molar refractivity (Wildman–Crippen MR) is 157 cm³/mol. The average molecular weight is 484 g/mol. The molecule has 0 saturated carbocycles. The molecule has 38 heavy (non-hydrogen) atoms. The Morgan fingerprint density at radius 1 is 0.553 bits per heavy atom. The molecule has 0 aliphatic carbocycles. The van der Waals surface area contributed by atoms with E-state index in [1.807, 2.05) is 54.7 Å². The van der Waals surface area contributed by atoms with Crippen LogP contribution in [0.4, 0.5) is 5.69 Å². The highest BCUT2D eigenvalue weighted by Gasteiger charge is 2.16. The van der Waals surface area contributed by atoms with Crippen molar-refractivity contribution in [1.29, 1.82) is 0 Å². The van der Waals surface area contributed by atoms with Crippen LogP contribution in [0.25, 0.3) is 70.9 Å². The summed E-state index contributed by atoms with van der Waals surface area (Å²) in [7, 11) is 0. The molecule has 0 amide bonds. The van der Waals surface area contributed by atoms with Crippen LogP contribution in [0.15, 0.2) is 128 Å². The fraction of sp³-hybridized carbons (Fsp3) is 0. The van der Waals surface area contributed by atoms with Gasteiger partial charge in [-0.15, -0.1) is 0 Å².